The first-order valence-corrected chi connectivity index (χ1v) is 8.57. The van der Waals surface area contributed by atoms with Gasteiger partial charge in [-0.2, -0.15) is 0 Å². The predicted octanol–water partition coefficient (Wildman–Crippen LogP) is 2.72. The number of hydrogen-bond donors (Lipinski definition) is 2. The molecule has 4 rings (SSSR count). The molecule has 7 nitrogen and oxygen atoms in total. The molecule has 1 aliphatic heterocycles. The molecule has 7 heteroatoms. The fourth-order valence-electron chi connectivity index (χ4n) is 3.24. The molecule has 128 valence electrons. The number of hydrogen-bond acceptors (Lipinski definition) is 6. The molecule has 1 saturated heterocycles. The molecule has 0 aliphatic carbocycles. The average Bonchev–Trinajstić information content (AvgIpc) is 3.16. The molecule has 0 saturated carbocycles. The second-order valence-electron chi connectivity index (χ2n) is 6.28. The lowest BCUT2D eigenvalue weighted by Gasteiger charge is -2.31. The summed E-state index contributed by atoms with van der Waals surface area (Å²) in [6.45, 7) is 2.92. The lowest BCUT2D eigenvalue weighted by molar-refractivity contribution is 0.194. The lowest BCUT2D eigenvalue weighted by atomic mass is 9.95. The van der Waals surface area contributed by atoms with Crippen LogP contribution in [0.2, 0.25) is 0 Å². The molecule has 0 spiro atoms. The number of aromatic nitrogens is 5. The van der Waals surface area contributed by atoms with Gasteiger partial charge >= 0.3 is 0 Å². The largest absolute Gasteiger partial charge is 0.348 e. The zero-order valence-corrected chi connectivity index (χ0v) is 14.0. The van der Waals surface area contributed by atoms with Crippen molar-refractivity contribution >= 4 is 11.6 Å². The summed E-state index contributed by atoms with van der Waals surface area (Å²) in [5, 5.41) is 3.22. The van der Waals surface area contributed by atoms with Crippen molar-refractivity contribution in [3.63, 3.8) is 0 Å². The number of rotatable bonds is 5. The minimum absolute atomic E-state index is 0.390. The topological polar surface area (TPSA) is 82.6 Å². The van der Waals surface area contributed by atoms with Gasteiger partial charge in [0, 0.05) is 37.3 Å². The van der Waals surface area contributed by atoms with E-state index in [4.69, 9.17) is 4.98 Å². The number of H-pyrrole nitrogens is 1. The molecule has 3 aromatic heterocycles. The van der Waals surface area contributed by atoms with Crippen molar-refractivity contribution in [3.05, 3.63) is 60.7 Å². The van der Waals surface area contributed by atoms with E-state index in [1.165, 1.54) is 0 Å². The van der Waals surface area contributed by atoms with Crippen molar-refractivity contribution in [2.45, 2.75) is 25.3 Å². The van der Waals surface area contributed by atoms with E-state index in [1.807, 2.05) is 30.6 Å². The van der Waals surface area contributed by atoms with Gasteiger partial charge in [-0.25, -0.2) is 15.0 Å². The number of imidazole rings is 1. The Hall–Kier alpha value is -2.80. The molecule has 25 heavy (non-hydrogen) atoms. The third kappa shape index (κ3) is 4.00. The number of anilines is 2. The molecule has 4 heterocycles. The van der Waals surface area contributed by atoms with Gasteiger partial charge in [-0.05, 0) is 31.5 Å². The summed E-state index contributed by atoms with van der Waals surface area (Å²) in [7, 11) is 0. The molecule has 0 aromatic carbocycles. The maximum atomic E-state index is 4.76. The van der Waals surface area contributed by atoms with E-state index in [2.05, 4.69) is 30.2 Å². The van der Waals surface area contributed by atoms with E-state index < -0.39 is 0 Å². The molecular weight excluding hydrogens is 314 g/mol. The normalized spacial score (nSPS) is 18.2. The quantitative estimate of drug-likeness (QED) is 0.746. The van der Waals surface area contributed by atoms with Gasteiger partial charge < -0.3 is 10.3 Å². The van der Waals surface area contributed by atoms with Gasteiger partial charge in [0.25, 0.3) is 0 Å². The van der Waals surface area contributed by atoms with Crippen LogP contribution in [0, 0.1) is 0 Å². The van der Waals surface area contributed by atoms with E-state index in [0.29, 0.717) is 5.92 Å². The molecule has 1 aliphatic rings. The number of nitrogens with one attached hydrogen (secondary N) is 2. The average molecular weight is 335 g/mol. The van der Waals surface area contributed by atoms with Crippen molar-refractivity contribution in [3.8, 4) is 0 Å². The zero-order valence-electron chi connectivity index (χ0n) is 14.0. The molecule has 1 atom stereocenters. The third-order valence-electron chi connectivity index (χ3n) is 4.43. The Balaban J connectivity index is 1.44. The molecule has 2 N–H and O–H groups in total. The highest BCUT2D eigenvalue weighted by Gasteiger charge is 2.23. The Morgan fingerprint density at radius 3 is 3.00 bits per heavy atom. The van der Waals surface area contributed by atoms with Gasteiger partial charge in [0.2, 0.25) is 0 Å². The standard InChI is InChI=1S/C18H21N7/c1-2-6-20-16(5-1)24-17-11-19-10-15(23-17)14-4-3-9-25(12-14)13-18-21-7-8-22-18/h1-2,5-8,10-11,14H,3-4,9,12-13H2,(H,21,22)(H,20,23,24)/t14-/m1/s1. The first-order chi connectivity index (χ1) is 12.4. The van der Waals surface area contributed by atoms with E-state index in [1.54, 1.807) is 18.6 Å². The van der Waals surface area contributed by atoms with Crippen molar-refractivity contribution in [1.29, 1.82) is 0 Å². The van der Waals surface area contributed by atoms with E-state index >= 15 is 0 Å². The van der Waals surface area contributed by atoms with Crippen LogP contribution in [0.4, 0.5) is 11.6 Å². The summed E-state index contributed by atoms with van der Waals surface area (Å²) in [5.74, 6) is 2.91. The molecular formula is C18H21N7. The second-order valence-corrected chi connectivity index (χ2v) is 6.28. The number of likely N-dealkylation sites (tertiary alicyclic amines) is 1. The Morgan fingerprint density at radius 2 is 2.16 bits per heavy atom. The highest BCUT2D eigenvalue weighted by Crippen LogP contribution is 2.26. The Labute approximate surface area is 146 Å². The Morgan fingerprint density at radius 1 is 1.16 bits per heavy atom. The van der Waals surface area contributed by atoms with E-state index in [-0.39, 0.29) is 0 Å². The molecule has 0 radical (unpaired) electrons. The molecule has 1 fully saturated rings. The number of piperidine rings is 1. The molecule has 0 unspecified atom stereocenters. The Kier molecular flexibility index (Phi) is 4.65. The van der Waals surface area contributed by atoms with Gasteiger partial charge in [-0.3, -0.25) is 9.88 Å². The first-order valence-electron chi connectivity index (χ1n) is 8.57. The third-order valence-corrected chi connectivity index (χ3v) is 4.43. The maximum absolute atomic E-state index is 4.76. The Bertz CT molecular complexity index is 788. The number of nitrogens with zero attached hydrogens (tertiary/aromatic N) is 5. The fourth-order valence-corrected chi connectivity index (χ4v) is 3.24. The van der Waals surface area contributed by atoms with Crippen molar-refractivity contribution in [1.82, 2.24) is 29.8 Å². The van der Waals surface area contributed by atoms with Crippen LogP contribution in [0.5, 0.6) is 0 Å². The van der Waals surface area contributed by atoms with Gasteiger partial charge in [-0.15, -0.1) is 0 Å². The fraction of sp³-hybridized carbons (Fsp3) is 0.333. The smallest absolute Gasteiger partial charge is 0.150 e. The van der Waals surface area contributed by atoms with Gasteiger partial charge in [0.15, 0.2) is 0 Å². The number of aromatic amines is 1. The predicted molar refractivity (Wildman–Crippen MR) is 95.4 cm³/mol. The van der Waals surface area contributed by atoms with Gasteiger partial charge in [0.1, 0.15) is 17.5 Å². The van der Waals surface area contributed by atoms with Crippen LogP contribution in [-0.4, -0.2) is 42.9 Å². The van der Waals surface area contributed by atoms with Gasteiger partial charge in [0.05, 0.1) is 18.4 Å². The van der Waals surface area contributed by atoms with Crippen LogP contribution in [0.25, 0.3) is 0 Å². The highest BCUT2D eigenvalue weighted by molar-refractivity contribution is 5.50. The van der Waals surface area contributed by atoms with Crippen LogP contribution >= 0.6 is 0 Å². The van der Waals surface area contributed by atoms with Gasteiger partial charge in [-0.1, -0.05) is 6.07 Å². The maximum Gasteiger partial charge on any atom is 0.150 e. The minimum Gasteiger partial charge on any atom is -0.348 e. The minimum atomic E-state index is 0.390. The summed E-state index contributed by atoms with van der Waals surface area (Å²) in [6.07, 6.45) is 11.3. The van der Waals surface area contributed by atoms with E-state index in [0.717, 1.165) is 55.6 Å². The molecule has 0 bridgehead atoms. The van der Waals surface area contributed by atoms with Crippen LogP contribution < -0.4 is 5.32 Å². The monoisotopic (exact) mass is 335 g/mol. The summed E-state index contributed by atoms with van der Waals surface area (Å²) >= 11 is 0. The summed E-state index contributed by atoms with van der Waals surface area (Å²) in [4.78, 5) is 23.3. The van der Waals surface area contributed by atoms with Crippen molar-refractivity contribution < 1.29 is 0 Å². The van der Waals surface area contributed by atoms with Crippen molar-refractivity contribution in [2.24, 2.45) is 0 Å². The lowest BCUT2D eigenvalue weighted by Crippen LogP contribution is -2.34. The summed E-state index contributed by atoms with van der Waals surface area (Å²) in [5.41, 5.74) is 1.03. The summed E-state index contributed by atoms with van der Waals surface area (Å²) in [6, 6.07) is 5.75. The first kappa shape index (κ1) is 15.7. The van der Waals surface area contributed by atoms with Crippen LogP contribution in [0.15, 0.2) is 49.2 Å². The highest BCUT2D eigenvalue weighted by atomic mass is 15.2. The SMILES string of the molecule is c1ccc(Nc2cncc([C@@H]3CCCN(Cc4ncc[nH]4)C3)n2)nc1. The van der Waals surface area contributed by atoms with Crippen LogP contribution in [0.3, 0.4) is 0 Å². The second kappa shape index (κ2) is 7.40. The molecule has 3 aromatic rings. The van der Waals surface area contributed by atoms with E-state index in [9.17, 15) is 0 Å². The summed E-state index contributed by atoms with van der Waals surface area (Å²) < 4.78 is 0. The number of pyridine rings is 1. The molecule has 0 amide bonds. The van der Waals surface area contributed by atoms with Crippen molar-refractivity contribution in [2.75, 3.05) is 18.4 Å². The van der Waals surface area contributed by atoms with Crippen LogP contribution in [-0.2, 0) is 6.54 Å². The zero-order chi connectivity index (χ0) is 16.9. The van der Waals surface area contributed by atoms with Crippen LogP contribution in [0.1, 0.15) is 30.3 Å².